The van der Waals surface area contributed by atoms with Gasteiger partial charge in [0.1, 0.15) is 45.9 Å². The van der Waals surface area contributed by atoms with Gasteiger partial charge < -0.3 is 107 Å². The van der Waals surface area contributed by atoms with Gasteiger partial charge in [-0.3, -0.25) is 18.8 Å². The second kappa shape index (κ2) is 40.7. The Labute approximate surface area is 625 Å². The third kappa shape index (κ3) is 24.7. The summed E-state index contributed by atoms with van der Waals surface area (Å²) in [6.45, 7) is 24.1. The van der Waals surface area contributed by atoms with E-state index in [1.54, 1.807) is 56.7 Å². The van der Waals surface area contributed by atoms with Gasteiger partial charge in [-0.1, -0.05) is 26.2 Å². The van der Waals surface area contributed by atoms with E-state index in [4.69, 9.17) is 46.6 Å². The number of terminal acetylenes is 1. The normalized spacial score (nSPS) is 15.4. The van der Waals surface area contributed by atoms with Crippen molar-refractivity contribution in [2.75, 3.05) is 75.3 Å². The summed E-state index contributed by atoms with van der Waals surface area (Å²) in [4.78, 5) is 80.4. The Hall–Kier alpha value is -7.12. The monoisotopic (exact) mass is 1760 g/mol. The first-order valence-corrected chi connectivity index (χ1v) is 33.0. The zero-order valence-electron chi connectivity index (χ0n) is 56.7. The molecule has 22 nitrogen and oxygen atoms in total. The third-order valence-electron chi connectivity index (χ3n) is 14.6. The molecule has 6 aromatic rings. The number of amides is 5. The molecule has 26 heteroatoms. The van der Waals surface area contributed by atoms with Crippen molar-refractivity contribution in [3.63, 3.8) is 0 Å². The van der Waals surface area contributed by atoms with E-state index < -0.39 is 41.1 Å². The number of nitrogens with zero attached hydrogens (tertiary/aromatic N) is 6. The number of halogens is 2. The second-order valence-electron chi connectivity index (χ2n) is 24.0. The molecule has 3 saturated heterocycles. The van der Waals surface area contributed by atoms with Crippen LogP contribution in [0.3, 0.4) is 0 Å². The number of carbonyl (C=O) groups is 5. The fourth-order valence-electron chi connectivity index (χ4n) is 10.8. The molecule has 3 aliphatic rings. The maximum absolute atomic E-state index is 12.2. The first-order chi connectivity index (χ1) is 44.6. The van der Waals surface area contributed by atoms with Crippen molar-refractivity contribution in [1.29, 1.82) is 0 Å². The molecule has 0 aliphatic carbocycles. The topological polar surface area (TPSA) is 308 Å². The van der Waals surface area contributed by atoms with E-state index in [9.17, 15) is 24.0 Å². The van der Waals surface area contributed by atoms with Crippen molar-refractivity contribution in [1.82, 2.24) is 25.6 Å². The van der Waals surface area contributed by atoms with Gasteiger partial charge in [0, 0.05) is 151 Å². The number of nitrogens with one attached hydrogen (secondary N) is 2. The Morgan fingerprint density at radius 1 is 0.619 bits per heavy atom. The van der Waals surface area contributed by atoms with E-state index in [2.05, 4.69) is 134 Å². The number of alkyl carbamates (subject to hydrolysis) is 2. The predicted octanol–water partition coefficient (Wildman–Crippen LogP) is 11.4. The number of piperidine rings is 3. The van der Waals surface area contributed by atoms with E-state index in [0.717, 1.165) is 124 Å². The molecule has 3 aliphatic heterocycles. The standard InChI is InChI=1S/C24H30N4O4.C21H27IN4O4.C19H22N4O2.C3H6I.C3H3.CH4.V.W/c1-6-8-15-13-26-22(18-12-20(31-5)19(21(25)29)11-17(15)18)28-10-7-9-16(14-28)27-23(30)32-24(2,3)4;1-21(2,3)30-20(28)25-12-6-5-7-26(11-12)19-14-9-17(29-4)15(18(23)27)8-13(14)16(22)10-24-19;1-3-5-12-10-22-19(23-7-4-6-13(20)11-23)15-9-17(25-2)16(18(21)24)8-14(12)15;1-2-3-4;1-3-2;;;/h11-13,16H,7,9-10,14H2,1-5H3,(H2,25,29)(H,27,30);8-10,12H,5-7,11H2,1-4H3,(H2,23,27)(H,25,28);8-10,13H,4,6-7,11,20H2,1-2H3,(H2,21,24);3H,2H2,1H3;1H,2H2;1H4;;/q;;;2*-1;;;/t16-;12-;13-;;;;;/m000...../s1. The number of ether oxygens (including phenoxy) is 5. The molecular formula is C71H92I2N12O10VW-2. The molecule has 3 aromatic carbocycles. The van der Waals surface area contributed by atoms with E-state index in [0.29, 0.717) is 52.6 Å². The third-order valence-corrected chi connectivity index (χ3v) is 16.4. The van der Waals surface area contributed by atoms with Gasteiger partial charge in [-0.05, 0) is 153 Å². The van der Waals surface area contributed by atoms with E-state index in [1.165, 1.54) is 27.8 Å². The number of primary amides is 3. The molecule has 0 saturated carbocycles. The average Bonchev–Trinajstić information content (AvgIpc) is 0.784. The summed E-state index contributed by atoms with van der Waals surface area (Å²) in [5.41, 5.74) is 24.0. The number of anilines is 3. The molecule has 9 rings (SSSR count). The summed E-state index contributed by atoms with van der Waals surface area (Å²) in [5, 5.41) is 11.0. The Kier molecular flexibility index (Phi) is 36.1. The summed E-state index contributed by atoms with van der Waals surface area (Å²) in [6, 6.07) is 10.6. The van der Waals surface area contributed by atoms with Crippen LogP contribution in [0.25, 0.3) is 32.3 Å². The summed E-state index contributed by atoms with van der Waals surface area (Å²) < 4.78 is 30.0. The number of hydrogen-bond acceptors (Lipinski definition) is 17. The smallest absolute Gasteiger partial charge is 0.407 e. The minimum atomic E-state index is -0.572. The number of benzene rings is 3. The number of nitrogens with two attached hydrogens (primary N) is 4. The van der Waals surface area contributed by atoms with Crippen molar-refractivity contribution >= 4 is 125 Å². The minimum absolute atomic E-state index is 0. The summed E-state index contributed by atoms with van der Waals surface area (Å²) in [5.74, 6) is 15.8. The molecule has 0 spiro atoms. The van der Waals surface area contributed by atoms with Crippen LogP contribution in [0.5, 0.6) is 17.2 Å². The van der Waals surface area contributed by atoms with Crippen LogP contribution in [0.15, 0.2) is 55.0 Å². The van der Waals surface area contributed by atoms with E-state index in [-0.39, 0.29) is 65.2 Å². The molecule has 3 fully saturated rings. The SMILES string of the molecule is C.C#C[CH2-].CC#Cc1cnc(N2CCC[C@H](N)C2)c2cc(OC)c(C(N)=O)cc12.CC#Cc1cnc(N2CCC[C@H](NC(=O)OC(C)(C)C)C2)c2cc(OC)c(C(N)=O)cc12.CC[CH-]I.COc1cc2c(N3CCC[C@H](NC(=O)OC(C)(C)C)C3)ncc(I)c2cc1C(N)=O.[V].[W]. The maximum Gasteiger partial charge on any atom is 0.407 e. The molecule has 3 atom stereocenters. The fraction of sp³-hybridized carbons (Fsp3) is 0.437. The van der Waals surface area contributed by atoms with E-state index in [1.807, 2.05) is 59.6 Å². The Balaban J connectivity index is 0.000000467. The number of methoxy groups -OCH3 is 3. The minimum Gasteiger partial charge on any atom is -0.496 e. The molecule has 3 aromatic heterocycles. The molecule has 97 heavy (non-hydrogen) atoms. The van der Waals surface area contributed by atoms with Crippen LogP contribution >= 0.6 is 45.2 Å². The van der Waals surface area contributed by atoms with Crippen molar-refractivity contribution in [2.45, 2.75) is 144 Å². The van der Waals surface area contributed by atoms with Gasteiger partial charge in [0.05, 0.1) is 49.1 Å². The molecule has 1 radical (unpaired) electrons. The second-order valence-corrected chi connectivity index (χ2v) is 26.1. The number of rotatable bonds is 12. The Bertz CT molecular complexity index is 3880. The van der Waals surface area contributed by atoms with Gasteiger partial charge in [0.2, 0.25) is 0 Å². The van der Waals surface area contributed by atoms with Crippen LogP contribution < -0.4 is 62.5 Å². The zero-order chi connectivity index (χ0) is 69.6. The number of aromatic nitrogens is 3. The quantitative estimate of drug-likeness (QED) is 0.0377. The van der Waals surface area contributed by atoms with Crippen LogP contribution in [0.4, 0.5) is 27.0 Å². The molecular weight excluding hydrogens is 1670 g/mol. The van der Waals surface area contributed by atoms with E-state index >= 15 is 0 Å². The number of hydrogen-bond donors (Lipinski definition) is 6. The Morgan fingerprint density at radius 3 is 1.25 bits per heavy atom. The van der Waals surface area contributed by atoms with Gasteiger partial charge in [0.25, 0.3) is 17.7 Å². The Morgan fingerprint density at radius 2 is 0.938 bits per heavy atom. The molecule has 10 N–H and O–H groups in total. The first-order valence-electron chi connectivity index (χ1n) is 30.7. The van der Waals surface area contributed by atoms with Crippen molar-refractivity contribution in [3.05, 3.63) is 97.7 Å². The molecule has 523 valence electrons. The van der Waals surface area contributed by atoms with Gasteiger partial charge in [-0.15, -0.1) is 11.8 Å². The largest absolute Gasteiger partial charge is 0.496 e. The van der Waals surface area contributed by atoms with Crippen LogP contribution in [0, 0.1) is 50.9 Å². The van der Waals surface area contributed by atoms with Gasteiger partial charge in [0.15, 0.2) is 0 Å². The van der Waals surface area contributed by atoms with Crippen molar-refractivity contribution < 1.29 is 87.3 Å². The predicted molar refractivity (Wildman–Crippen MR) is 396 cm³/mol. The zero-order valence-corrected chi connectivity index (χ0v) is 65.3. The summed E-state index contributed by atoms with van der Waals surface area (Å²) >= 11 is 4.42. The fourth-order valence-corrected chi connectivity index (χ4v) is 11.3. The van der Waals surface area contributed by atoms with Crippen molar-refractivity contribution in [3.8, 4) is 53.3 Å². The van der Waals surface area contributed by atoms with Crippen LogP contribution in [0.1, 0.15) is 157 Å². The number of fused-ring (bicyclic) bond motifs is 3. The average molecular weight is 1760 g/mol. The maximum atomic E-state index is 12.2. The molecule has 0 unspecified atom stereocenters. The molecule has 5 amide bonds. The van der Waals surface area contributed by atoms with Crippen LogP contribution in [-0.2, 0) is 49.1 Å². The first kappa shape index (κ1) is 86.0. The number of pyridine rings is 3. The summed E-state index contributed by atoms with van der Waals surface area (Å²) in [7, 11) is 4.53. The summed E-state index contributed by atoms with van der Waals surface area (Å²) in [6.07, 6.45) is 15.6. The van der Waals surface area contributed by atoms with Gasteiger partial charge >= 0.3 is 12.2 Å². The van der Waals surface area contributed by atoms with Crippen LogP contribution in [-0.4, -0.2) is 135 Å². The van der Waals surface area contributed by atoms with Gasteiger partial charge in [-0.2, -0.15) is 13.3 Å². The number of carbonyl (C=O) groups excluding carboxylic acids is 5. The molecule has 0 bridgehead atoms. The van der Waals surface area contributed by atoms with Crippen LogP contribution in [0.2, 0.25) is 0 Å². The van der Waals surface area contributed by atoms with Gasteiger partial charge in [-0.25, -0.2) is 24.5 Å². The molecule has 6 heterocycles. The van der Waals surface area contributed by atoms with Crippen molar-refractivity contribution in [2.24, 2.45) is 22.9 Å².